The van der Waals surface area contributed by atoms with Gasteiger partial charge in [0, 0.05) is 19.6 Å². The molecular formula is C26H32ClN3O4. The van der Waals surface area contributed by atoms with Crippen LogP contribution in [0.4, 0.5) is 0 Å². The molecule has 2 N–H and O–H groups in total. The Morgan fingerprint density at radius 3 is 2.26 bits per heavy atom. The van der Waals surface area contributed by atoms with Crippen LogP contribution in [0.15, 0.2) is 48.5 Å². The fourth-order valence-electron chi connectivity index (χ4n) is 4.10. The average molecular weight is 486 g/mol. The van der Waals surface area contributed by atoms with Gasteiger partial charge in [-0.05, 0) is 48.9 Å². The molecule has 1 heterocycles. The van der Waals surface area contributed by atoms with Crippen LogP contribution in [-0.2, 0) is 4.79 Å². The van der Waals surface area contributed by atoms with Crippen molar-refractivity contribution in [2.24, 2.45) is 11.8 Å². The zero-order valence-corrected chi connectivity index (χ0v) is 20.6. The molecule has 2 aromatic rings. The number of piperidine rings is 1. The standard InChI is InChI=1S/C26H32ClN3O4/c1-17(2)16-28-25(32)23(29-24(31)19-8-4-6-10-21(19)27)18-12-14-30(15-13-18)26(33)20-9-5-7-11-22(20)34-3/h4-11,17-18,23H,12-16H2,1-3H3,(H,28,32)(H,29,31). The van der Waals surface area contributed by atoms with E-state index in [-0.39, 0.29) is 29.6 Å². The molecule has 3 amide bonds. The van der Waals surface area contributed by atoms with Gasteiger partial charge < -0.3 is 20.3 Å². The summed E-state index contributed by atoms with van der Waals surface area (Å²) in [6.45, 7) is 5.51. The second-order valence-electron chi connectivity index (χ2n) is 8.90. The number of carbonyl (C=O) groups is 3. The number of nitrogens with zero attached hydrogens (tertiary/aromatic N) is 1. The largest absolute Gasteiger partial charge is 0.496 e. The van der Waals surface area contributed by atoms with E-state index in [0.717, 1.165) is 0 Å². The van der Waals surface area contributed by atoms with Crippen LogP contribution >= 0.6 is 11.6 Å². The van der Waals surface area contributed by atoms with Crippen molar-refractivity contribution in [2.75, 3.05) is 26.7 Å². The molecule has 2 aromatic carbocycles. The highest BCUT2D eigenvalue weighted by Gasteiger charge is 2.34. The Kier molecular flexibility index (Phi) is 8.93. The number of hydrogen-bond acceptors (Lipinski definition) is 4. The lowest BCUT2D eigenvalue weighted by atomic mass is 9.88. The number of amides is 3. The van der Waals surface area contributed by atoms with Crippen molar-refractivity contribution in [3.8, 4) is 5.75 Å². The molecule has 0 bridgehead atoms. The van der Waals surface area contributed by atoms with E-state index in [9.17, 15) is 14.4 Å². The van der Waals surface area contributed by atoms with Crippen LogP contribution in [0.1, 0.15) is 47.4 Å². The Morgan fingerprint density at radius 2 is 1.65 bits per heavy atom. The van der Waals surface area contributed by atoms with Gasteiger partial charge in [-0.15, -0.1) is 0 Å². The van der Waals surface area contributed by atoms with Crippen LogP contribution in [0.25, 0.3) is 0 Å². The second-order valence-corrected chi connectivity index (χ2v) is 9.31. The zero-order valence-electron chi connectivity index (χ0n) is 19.8. The van der Waals surface area contributed by atoms with Crippen LogP contribution < -0.4 is 15.4 Å². The van der Waals surface area contributed by atoms with Crippen LogP contribution in [0.2, 0.25) is 5.02 Å². The summed E-state index contributed by atoms with van der Waals surface area (Å²) in [4.78, 5) is 40.8. The molecule has 1 fully saturated rings. The molecule has 1 saturated heterocycles. The first kappa shape index (κ1) is 25.6. The lowest BCUT2D eigenvalue weighted by Gasteiger charge is -2.36. The number of nitrogens with one attached hydrogen (secondary N) is 2. The third-order valence-electron chi connectivity index (χ3n) is 6.01. The zero-order chi connectivity index (χ0) is 24.7. The number of carbonyl (C=O) groups excluding carboxylic acids is 3. The molecule has 1 unspecified atom stereocenters. The van der Waals surface area contributed by atoms with Crippen molar-refractivity contribution in [3.05, 3.63) is 64.7 Å². The van der Waals surface area contributed by atoms with E-state index in [1.54, 1.807) is 48.4 Å². The van der Waals surface area contributed by atoms with Crippen molar-refractivity contribution < 1.29 is 19.1 Å². The number of ether oxygens (including phenoxy) is 1. The third-order valence-corrected chi connectivity index (χ3v) is 6.34. The van der Waals surface area contributed by atoms with Gasteiger partial charge in [-0.25, -0.2) is 0 Å². The molecule has 0 radical (unpaired) electrons. The highest BCUT2D eigenvalue weighted by atomic mass is 35.5. The van der Waals surface area contributed by atoms with Crippen LogP contribution in [0.5, 0.6) is 5.75 Å². The molecular weight excluding hydrogens is 454 g/mol. The predicted octanol–water partition coefficient (Wildman–Crippen LogP) is 3.77. The fourth-order valence-corrected chi connectivity index (χ4v) is 4.33. The normalized spacial score (nSPS) is 15.0. The van der Waals surface area contributed by atoms with Crippen molar-refractivity contribution in [3.63, 3.8) is 0 Å². The van der Waals surface area contributed by atoms with Gasteiger partial charge in [-0.3, -0.25) is 14.4 Å². The molecule has 0 saturated carbocycles. The molecule has 1 aliphatic heterocycles. The first-order valence-corrected chi connectivity index (χ1v) is 11.9. The van der Waals surface area contributed by atoms with Crippen molar-refractivity contribution in [1.29, 1.82) is 0 Å². The Balaban J connectivity index is 1.71. The monoisotopic (exact) mass is 485 g/mol. The summed E-state index contributed by atoms with van der Waals surface area (Å²) in [6.07, 6.45) is 1.17. The first-order valence-electron chi connectivity index (χ1n) is 11.6. The van der Waals surface area contributed by atoms with Crippen molar-refractivity contribution in [2.45, 2.75) is 32.7 Å². The molecule has 0 aromatic heterocycles. The Bertz CT molecular complexity index is 1020. The van der Waals surface area contributed by atoms with Crippen LogP contribution in [0.3, 0.4) is 0 Å². The minimum absolute atomic E-state index is 0.100. The number of para-hydroxylation sites is 1. The molecule has 0 spiro atoms. The summed E-state index contributed by atoms with van der Waals surface area (Å²) in [5, 5.41) is 6.18. The predicted molar refractivity (Wildman–Crippen MR) is 132 cm³/mol. The van der Waals surface area contributed by atoms with E-state index in [2.05, 4.69) is 10.6 Å². The van der Waals surface area contributed by atoms with Crippen LogP contribution in [-0.4, -0.2) is 55.4 Å². The van der Waals surface area contributed by atoms with Gasteiger partial charge in [0.05, 0.1) is 23.3 Å². The van der Waals surface area contributed by atoms with Gasteiger partial charge in [0.1, 0.15) is 11.8 Å². The molecule has 1 atom stereocenters. The molecule has 3 rings (SSSR count). The van der Waals surface area contributed by atoms with Gasteiger partial charge in [0.15, 0.2) is 0 Å². The molecule has 182 valence electrons. The SMILES string of the molecule is COc1ccccc1C(=O)N1CCC(C(NC(=O)c2ccccc2Cl)C(=O)NCC(C)C)CC1. The summed E-state index contributed by atoms with van der Waals surface area (Å²) < 4.78 is 5.33. The minimum atomic E-state index is -0.717. The molecule has 1 aliphatic rings. The molecule has 7 nitrogen and oxygen atoms in total. The Labute approximate surface area is 205 Å². The van der Waals surface area contributed by atoms with Gasteiger partial charge in [-0.1, -0.05) is 49.7 Å². The van der Waals surface area contributed by atoms with E-state index in [1.165, 1.54) is 0 Å². The number of likely N-dealkylation sites (tertiary alicyclic amines) is 1. The first-order chi connectivity index (χ1) is 16.3. The number of hydrogen-bond donors (Lipinski definition) is 2. The Morgan fingerprint density at radius 1 is 1.03 bits per heavy atom. The molecule has 8 heteroatoms. The Hall–Kier alpha value is -3.06. The number of rotatable bonds is 8. The maximum atomic E-state index is 13.1. The summed E-state index contributed by atoms with van der Waals surface area (Å²) >= 11 is 6.19. The van der Waals surface area contributed by atoms with E-state index < -0.39 is 6.04 Å². The van der Waals surface area contributed by atoms with Crippen molar-refractivity contribution >= 4 is 29.3 Å². The van der Waals surface area contributed by atoms with Crippen molar-refractivity contribution in [1.82, 2.24) is 15.5 Å². The summed E-state index contributed by atoms with van der Waals surface area (Å²) in [6, 6.07) is 13.2. The van der Waals surface area contributed by atoms with Gasteiger partial charge >= 0.3 is 0 Å². The van der Waals surface area contributed by atoms with E-state index in [1.807, 2.05) is 26.0 Å². The topological polar surface area (TPSA) is 87.7 Å². The highest BCUT2D eigenvalue weighted by Crippen LogP contribution is 2.26. The molecule has 0 aliphatic carbocycles. The van der Waals surface area contributed by atoms with Gasteiger partial charge in [0.25, 0.3) is 11.8 Å². The number of benzene rings is 2. The molecule has 34 heavy (non-hydrogen) atoms. The maximum Gasteiger partial charge on any atom is 0.257 e. The van der Waals surface area contributed by atoms with Crippen LogP contribution in [0, 0.1) is 11.8 Å². The quantitative estimate of drug-likeness (QED) is 0.595. The minimum Gasteiger partial charge on any atom is -0.496 e. The van der Waals surface area contributed by atoms with Gasteiger partial charge in [-0.2, -0.15) is 0 Å². The summed E-state index contributed by atoms with van der Waals surface area (Å²) in [5.41, 5.74) is 0.844. The smallest absolute Gasteiger partial charge is 0.257 e. The van der Waals surface area contributed by atoms with E-state index in [0.29, 0.717) is 54.4 Å². The average Bonchev–Trinajstić information content (AvgIpc) is 2.85. The maximum absolute atomic E-state index is 13.1. The second kappa shape index (κ2) is 11.9. The van der Waals surface area contributed by atoms with E-state index in [4.69, 9.17) is 16.3 Å². The fraction of sp³-hybridized carbons (Fsp3) is 0.423. The van der Waals surface area contributed by atoms with E-state index >= 15 is 0 Å². The van der Waals surface area contributed by atoms with Gasteiger partial charge in [0.2, 0.25) is 5.91 Å². The highest BCUT2D eigenvalue weighted by molar-refractivity contribution is 6.33. The lowest BCUT2D eigenvalue weighted by Crippen LogP contribution is -2.54. The number of methoxy groups -OCH3 is 1. The lowest BCUT2D eigenvalue weighted by molar-refractivity contribution is -0.124. The summed E-state index contributed by atoms with van der Waals surface area (Å²) in [5.74, 6) is 0.000298. The third kappa shape index (κ3) is 6.29. The number of halogens is 1. The summed E-state index contributed by atoms with van der Waals surface area (Å²) in [7, 11) is 1.54.